The lowest BCUT2D eigenvalue weighted by atomic mass is 9.90. The average molecular weight is 294 g/mol. The molecule has 3 nitrogen and oxygen atoms in total. The molecule has 0 unspecified atom stereocenters. The number of esters is 1. The molecule has 0 aliphatic carbocycles. The molecule has 1 atom stereocenters. The average Bonchev–Trinajstić information content (AvgIpc) is 2.54. The number of benzene rings is 2. The second kappa shape index (κ2) is 6.48. The fourth-order valence-electron chi connectivity index (χ4n) is 2.66. The van der Waals surface area contributed by atoms with E-state index in [-0.39, 0.29) is 11.9 Å². The Morgan fingerprint density at radius 3 is 2.82 bits per heavy atom. The van der Waals surface area contributed by atoms with Crippen molar-refractivity contribution in [3.8, 4) is 11.5 Å². The minimum atomic E-state index is -0.183. The quantitative estimate of drug-likeness (QED) is 0.470. The Bertz CT molecular complexity index is 676. The van der Waals surface area contributed by atoms with Gasteiger partial charge in [-0.2, -0.15) is 0 Å². The molecule has 0 saturated carbocycles. The third-order valence-electron chi connectivity index (χ3n) is 3.76. The molecule has 1 heterocycles. The van der Waals surface area contributed by atoms with Gasteiger partial charge in [0, 0.05) is 11.5 Å². The van der Waals surface area contributed by atoms with Crippen LogP contribution in [0.5, 0.6) is 11.5 Å². The molecule has 0 aromatic heterocycles. The van der Waals surface area contributed by atoms with Gasteiger partial charge in [-0.25, -0.2) is 0 Å². The fourth-order valence-corrected chi connectivity index (χ4v) is 2.66. The molecule has 0 radical (unpaired) electrons. The minimum absolute atomic E-state index is 0.119. The molecule has 112 valence electrons. The van der Waals surface area contributed by atoms with Crippen LogP contribution in [0.1, 0.15) is 29.9 Å². The third kappa shape index (κ3) is 3.19. The van der Waals surface area contributed by atoms with Gasteiger partial charge >= 0.3 is 5.97 Å². The number of hydrogen-bond donors (Lipinski definition) is 0. The molecule has 0 fully saturated rings. The smallest absolute Gasteiger partial charge is 0.311 e. The van der Waals surface area contributed by atoms with Crippen LogP contribution >= 0.6 is 0 Å². The number of rotatable bonds is 5. The van der Waals surface area contributed by atoms with Crippen molar-refractivity contribution in [3.05, 3.63) is 72.3 Å². The highest BCUT2D eigenvalue weighted by Gasteiger charge is 2.26. The van der Waals surface area contributed by atoms with Gasteiger partial charge in [0.2, 0.25) is 0 Å². The van der Waals surface area contributed by atoms with Crippen molar-refractivity contribution in [2.75, 3.05) is 0 Å². The molecule has 2 aromatic carbocycles. The number of ether oxygens (including phenoxy) is 2. The lowest BCUT2D eigenvalue weighted by Crippen LogP contribution is -2.20. The maximum absolute atomic E-state index is 11.6. The van der Waals surface area contributed by atoms with Gasteiger partial charge < -0.3 is 9.47 Å². The summed E-state index contributed by atoms with van der Waals surface area (Å²) in [5.41, 5.74) is 2.14. The van der Waals surface area contributed by atoms with Crippen LogP contribution in [0.25, 0.3) is 0 Å². The van der Waals surface area contributed by atoms with Crippen LogP contribution in [0, 0.1) is 0 Å². The van der Waals surface area contributed by atoms with E-state index in [9.17, 15) is 4.79 Å². The van der Waals surface area contributed by atoms with Crippen molar-refractivity contribution in [1.82, 2.24) is 0 Å². The molecule has 0 amide bonds. The van der Waals surface area contributed by atoms with E-state index in [1.54, 1.807) is 0 Å². The van der Waals surface area contributed by atoms with Crippen LogP contribution < -0.4 is 9.47 Å². The van der Waals surface area contributed by atoms with E-state index < -0.39 is 0 Å². The summed E-state index contributed by atoms with van der Waals surface area (Å²) in [4.78, 5) is 11.6. The molecule has 3 rings (SSSR count). The number of fused-ring (bicyclic) bond motifs is 1. The van der Waals surface area contributed by atoms with E-state index in [1.807, 2.05) is 54.6 Å². The van der Waals surface area contributed by atoms with E-state index >= 15 is 0 Å². The first kappa shape index (κ1) is 14.4. The largest absolute Gasteiger partial charge is 0.489 e. The molecule has 1 aliphatic rings. The maximum Gasteiger partial charge on any atom is 0.311 e. The highest BCUT2D eigenvalue weighted by atomic mass is 16.5. The number of carbonyl (C=O) groups excluding carboxylic acids is 1. The van der Waals surface area contributed by atoms with Crippen LogP contribution in [0.3, 0.4) is 0 Å². The second-order valence-corrected chi connectivity index (χ2v) is 5.37. The highest BCUT2D eigenvalue weighted by Crippen LogP contribution is 2.38. The van der Waals surface area contributed by atoms with Gasteiger partial charge in [-0.3, -0.25) is 4.79 Å². The summed E-state index contributed by atoms with van der Waals surface area (Å²) < 4.78 is 11.1. The first-order chi connectivity index (χ1) is 10.8. The number of hydrogen-bond acceptors (Lipinski definition) is 3. The zero-order valence-corrected chi connectivity index (χ0v) is 12.3. The first-order valence-electron chi connectivity index (χ1n) is 7.38. The summed E-state index contributed by atoms with van der Waals surface area (Å²) >= 11 is 0. The zero-order chi connectivity index (χ0) is 15.4. The van der Waals surface area contributed by atoms with E-state index in [0.717, 1.165) is 23.3 Å². The Hall–Kier alpha value is -2.55. The molecular formula is C19H18O3. The Morgan fingerprint density at radius 1 is 1.23 bits per heavy atom. The summed E-state index contributed by atoms with van der Waals surface area (Å²) in [6.45, 7) is 4.29. The molecule has 2 aromatic rings. The summed E-state index contributed by atoms with van der Waals surface area (Å²) in [5, 5.41) is 0. The maximum atomic E-state index is 11.6. The minimum Gasteiger partial charge on any atom is -0.489 e. The topological polar surface area (TPSA) is 35.5 Å². The van der Waals surface area contributed by atoms with Gasteiger partial charge in [0.1, 0.15) is 18.1 Å². The molecule has 0 N–H and O–H groups in total. The van der Waals surface area contributed by atoms with E-state index in [4.69, 9.17) is 9.47 Å². The van der Waals surface area contributed by atoms with E-state index in [1.165, 1.54) is 0 Å². The molecule has 0 spiro atoms. The summed E-state index contributed by atoms with van der Waals surface area (Å²) in [6.07, 6.45) is 2.98. The van der Waals surface area contributed by atoms with Crippen LogP contribution in [0.2, 0.25) is 0 Å². The Balaban J connectivity index is 1.78. The van der Waals surface area contributed by atoms with Crippen molar-refractivity contribution in [1.29, 1.82) is 0 Å². The standard InChI is InChI=1S/C19H18O3/c1-2-6-15-11-19(20)22-18-10-9-16(12-17(15)18)21-13-14-7-4-3-5-8-14/h2-5,7-10,12,15H,1,6,11,13H2/t15-/m0/s1. The van der Waals surface area contributed by atoms with Gasteiger partial charge in [0.25, 0.3) is 0 Å². The van der Waals surface area contributed by atoms with Crippen molar-refractivity contribution in [2.45, 2.75) is 25.4 Å². The van der Waals surface area contributed by atoms with Crippen molar-refractivity contribution in [3.63, 3.8) is 0 Å². The van der Waals surface area contributed by atoms with Gasteiger partial charge in [-0.15, -0.1) is 6.58 Å². The van der Waals surface area contributed by atoms with Gasteiger partial charge in [0.15, 0.2) is 0 Å². The highest BCUT2D eigenvalue weighted by molar-refractivity contribution is 5.76. The van der Waals surface area contributed by atoms with Crippen LogP contribution in [0.4, 0.5) is 0 Å². The predicted octanol–water partition coefficient (Wildman–Crippen LogP) is 4.23. The van der Waals surface area contributed by atoms with Crippen molar-refractivity contribution >= 4 is 5.97 Å². The molecule has 0 saturated heterocycles. The fraction of sp³-hybridized carbons (Fsp3) is 0.211. The second-order valence-electron chi connectivity index (χ2n) is 5.37. The van der Waals surface area contributed by atoms with Crippen molar-refractivity contribution in [2.24, 2.45) is 0 Å². The zero-order valence-electron chi connectivity index (χ0n) is 12.3. The van der Waals surface area contributed by atoms with Crippen LogP contribution in [0.15, 0.2) is 61.2 Å². The lowest BCUT2D eigenvalue weighted by molar-refractivity contribution is -0.135. The van der Waals surface area contributed by atoms with Crippen molar-refractivity contribution < 1.29 is 14.3 Å². The predicted molar refractivity (Wildman–Crippen MR) is 85.0 cm³/mol. The molecule has 22 heavy (non-hydrogen) atoms. The van der Waals surface area contributed by atoms with Gasteiger partial charge in [-0.1, -0.05) is 36.4 Å². The molecular weight excluding hydrogens is 276 g/mol. The molecule has 0 bridgehead atoms. The Morgan fingerprint density at radius 2 is 2.05 bits per heavy atom. The third-order valence-corrected chi connectivity index (χ3v) is 3.76. The number of carbonyl (C=O) groups is 1. The Kier molecular flexibility index (Phi) is 4.24. The van der Waals surface area contributed by atoms with E-state index in [0.29, 0.717) is 18.8 Å². The summed E-state index contributed by atoms with van der Waals surface area (Å²) in [7, 11) is 0. The summed E-state index contributed by atoms with van der Waals surface area (Å²) in [6, 6.07) is 15.6. The Labute approximate surface area is 130 Å². The normalized spacial score (nSPS) is 16.5. The van der Waals surface area contributed by atoms with Crippen LogP contribution in [-0.2, 0) is 11.4 Å². The molecule has 1 aliphatic heterocycles. The monoisotopic (exact) mass is 294 g/mol. The first-order valence-corrected chi connectivity index (χ1v) is 7.38. The summed E-state index contributed by atoms with van der Waals surface area (Å²) in [5.74, 6) is 1.36. The van der Waals surface area contributed by atoms with Gasteiger partial charge in [0.05, 0.1) is 6.42 Å². The van der Waals surface area contributed by atoms with E-state index in [2.05, 4.69) is 6.58 Å². The van der Waals surface area contributed by atoms with Gasteiger partial charge in [-0.05, 0) is 30.2 Å². The number of allylic oxidation sites excluding steroid dienone is 1. The van der Waals surface area contributed by atoms with Crippen LogP contribution in [-0.4, -0.2) is 5.97 Å². The lowest BCUT2D eigenvalue weighted by Gasteiger charge is -2.24. The SMILES string of the molecule is C=CC[C@H]1CC(=O)Oc2ccc(OCc3ccccc3)cc21. The molecule has 3 heteroatoms.